The summed E-state index contributed by atoms with van der Waals surface area (Å²) in [6, 6.07) is 7.92. The van der Waals surface area contributed by atoms with Crippen LogP contribution in [0.1, 0.15) is 49.2 Å². The van der Waals surface area contributed by atoms with Crippen LogP contribution in [0, 0.1) is 0 Å². The van der Waals surface area contributed by atoms with E-state index in [1.807, 2.05) is 0 Å². The summed E-state index contributed by atoms with van der Waals surface area (Å²) in [5, 5.41) is 2.83. The molecule has 11 heteroatoms. The Kier molecular flexibility index (Phi) is 8.79. The minimum atomic E-state index is -4.56. The topological polar surface area (TPSA) is 47.6 Å². The standard InChI is InChI=1S/C21H24F6NO3P/c1-3-13-30-32(29,31-14-4-2)19(15-5-7-16(8-6-15)20(22,23)24)28-18-11-9-17(10-12-18)21(25,26)27/h5-12,19,28H,3-4,13-14H2,1-2H3. The second-order valence-electron chi connectivity index (χ2n) is 6.95. The first kappa shape index (κ1) is 26.2. The molecule has 0 aliphatic heterocycles. The number of nitrogens with one attached hydrogen (secondary N) is 1. The molecule has 4 nitrogen and oxygen atoms in total. The monoisotopic (exact) mass is 483 g/mol. The van der Waals surface area contributed by atoms with Crippen molar-refractivity contribution in [3.05, 3.63) is 65.2 Å². The molecule has 0 bridgehead atoms. The molecule has 32 heavy (non-hydrogen) atoms. The van der Waals surface area contributed by atoms with Crippen molar-refractivity contribution in [2.24, 2.45) is 0 Å². The number of alkyl halides is 6. The number of benzene rings is 2. The summed E-state index contributed by atoms with van der Waals surface area (Å²) in [7, 11) is -3.96. The quantitative estimate of drug-likeness (QED) is 0.276. The first-order valence-electron chi connectivity index (χ1n) is 9.90. The van der Waals surface area contributed by atoms with Crippen molar-refractivity contribution in [3.8, 4) is 0 Å². The second kappa shape index (κ2) is 10.7. The Morgan fingerprint density at radius 2 is 1.19 bits per heavy atom. The lowest BCUT2D eigenvalue weighted by atomic mass is 10.1. The average Bonchev–Trinajstić information content (AvgIpc) is 2.74. The third-order valence-electron chi connectivity index (χ3n) is 4.34. The van der Waals surface area contributed by atoms with Crippen LogP contribution in [0.4, 0.5) is 32.0 Å². The summed E-state index contributed by atoms with van der Waals surface area (Å²) >= 11 is 0. The number of halogens is 6. The van der Waals surface area contributed by atoms with Crippen LogP contribution in [0.3, 0.4) is 0 Å². The van der Waals surface area contributed by atoms with E-state index < -0.39 is 36.9 Å². The highest BCUT2D eigenvalue weighted by Crippen LogP contribution is 2.61. The third-order valence-corrected chi connectivity index (χ3v) is 6.48. The molecule has 2 rings (SSSR count). The fourth-order valence-corrected chi connectivity index (χ4v) is 4.83. The van der Waals surface area contributed by atoms with Crippen LogP contribution in [0.25, 0.3) is 0 Å². The van der Waals surface area contributed by atoms with Crippen molar-refractivity contribution in [2.45, 2.75) is 44.8 Å². The van der Waals surface area contributed by atoms with Crippen LogP contribution in [0.5, 0.6) is 0 Å². The molecule has 0 aromatic heterocycles. The Balaban J connectivity index is 2.46. The predicted molar refractivity (Wildman–Crippen MR) is 109 cm³/mol. The lowest BCUT2D eigenvalue weighted by molar-refractivity contribution is -0.138. The molecule has 2 aromatic carbocycles. The molecule has 0 saturated heterocycles. The zero-order valence-electron chi connectivity index (χ0n) is 17.5. The maximum atomic E-state index is 13.6. The van der Waals surface area contributed by atoms with Gasteiger partial charge in [-0.3, -0.25) is 4.57 Å². The number of anilines is 1. The Labute approximate surface area is 182 Å². The van der Waals surface area contributed by atoms with Gasteiger partial charge >= 0.3 is 19.9 Å². The summed E-state index contributed by atoms with van der Waals surface area (Å²) in [5.74, 6) is -1.24. The maximum absolute atomic E-state index is 13.6. The van der Waals surface area contributed by atoms with E-state index in [0.29, 0.717) is 12.8 Å². The van der Waals surface area contributed by atoms with Crippen molar-refractivity contribution in [2.75, 3.05) is 18.5 Å². The van der Waals surface area contributed by atoms with E-state index in [-0.39, 0.29) is 24.5 Å². The number of hydrogen-bond acceptors (Lipinski definition) is 4. The summed E-state index contributed by atoms with van der Waals surface area (Å²) in [5.41, 5.74) is -1.42. The minimum absolute atomic E-state index is 0.0623. The number of rotatable bonds is 10. The van der Waals surface area contributed by atoms with Gasteiger partial charge in [-0.15, -0.1) is 0 Å². The van der Waals surface area contributed by atoms with E-state index in [2.05, 4.69) is 5.32 Å². The van der Waals surface area contributed by atoms with Crippen LogP contribution in [0.2, 0.25) is 0 Å². The van der Waals surface area contributed by atoms with Crippen molar-refractivity contribution in [1.82, 2.24) is 0 Å². The summed E-state index contributed by atoms with van der Waals surface area (Å²) in [6.45, 7) is 3.68. The smallest absolute Gasteiger partial charge is 0.368 e. The first-order chi connectivity index (χ1) is 14.9. The van der Waals surface area contributed by atoms with Gasteiger partial charge in [0.25, 0.3) is 0 Å². The SMILES string of the molecule is CCCOP(=O)(OCCC)C(Nc1ccc(C(F)(F)F)cc1)c1ccc(C(F)(F)F)cc1. The summed E-state index contributed by atoms with van der Waals surface area (Å²) in [6.07, 6.45) is -8.09. The van der Waals surface area contributed by atoms with Crippen LogP contribution < -0.4 is 5.32 Å². The van der Waals surface area contributed by atoms with E-state index in [9.17, 15) is 30.9 Å². The molecular weight excluding hydrogens is 459 g/mol. The summed E-state index contributed by atoms with van der Waals surface area (Å²) in [4.78, 5) is 0. The molecule has 0 amide bonds. The normalized spacial score (nSPS) is 13.8. The van der Waals surface area contributed by atoms with Crippen LogP contribution in [-0.4, -0.2) is 13.2 Å². The van der Waals surface area contributed by atoms with Gasteiger partial charge < -0.3 is 14.4 Å². The molecule has 0 fully saturated rings. The third kappa shape index (κ3) is 6.98. The molecule has 0 aliphatic rings. The molecule has 0 saturated carbocycles. The van der Waals surface area contributed by atoms with E-state index in [1.165, 1.54) is 0 Å². The molecule has 1 atom stereocenters. The minimum Gasteiger partial charge on any atom is -0.368 e. The second-order valence-corrected chi connectivity index (χ2v) is 9.06. The molecule has 1 N–H and O–H groups in total. The van der Waals surface area contributed by atoms with Gasteiger partial charge in [-0.2, -0.15) is 26.3 Å². The Bertz CT molecular complexity index is 886. The maximum Gasteiger partial charge on any atom is 0.416 e. The Hall–Kier alpha value is -2.03. The molecule has 178 valence electrons. The van der Waals surface area contributed by atoms with Gasteiger partial charge in [0.15, 0.2) is 5.78 Å². The lowest BCUT2D eigenvalue weighted by Gasteiger charge is -2.29. The molecule has 0 aliphatic carbocycles. The fraction of sp³-hybridized carbons (Fsp3) is 0.429. The zero-order chi connectivity index (χ0) is 24.0. The molecule has 1 unspecified atom stereocenters. The van der Waals surface area contributed by atoms with Gasteiger partial charge in [0.2, 0.25) is 0 Å². The first-order valence-corrected chi connectivity index (χ1v) is 11.5. The fourth-order valence-electron chi connectivity index (χ4n) is 2.74. The highest BCUT2D eigenvalue weighted by atomic mass is 31.2. The van der Waals surface area contributed by atoms with E-state index >= 15 is 0 Å². The summed E-state index contributed by atoms with van der Waals surface area (Å²) < 4.78 is 102. The van der Waals surface area contributed by atoms with Gasteiger partial charge in [-0.25, -0.2) is 0 Å². The van der Waals surface area contributed by atoms with Crippen LogP contribution in [-0.2, 0) is 26.0 Å². The highest BCUT2D eigenvalue weighted by Gasteiger charge is 2.39. The van der Waals surface area contributed by atoms with Crippen molar-refractivity contribution in [3.63, 3.8) is 0 Å². The average molecular weight is 483 g/mol. The Morgan fingerprint density at radius 3 is 1.56 bits per heavy atom. The van der Waals surface area contributed by atoms with Gasteiger partial charge in [0, 0.05) is 5.69 Å². The molecular formula is C21H24F6NO3P. The van der Waals surface area contributed by atoms with E-state index in [1.54, 1.807) is 13.8 Å². The van der Waals surface area contributed by atoms with Crippen molar-refractivity contribution < 1.29 is 40.0 Å². The molecule has 0 radical (unpaired) electrons. The van der Waals surface area contributed by atoms with Gasteiger partial charge in [-0.1, -0.05) is 26.0 Å². The van der Waals surface area contributed by atoms with Gasteiger partial charge in [0.1, 0.15) is 0 Å². The van der Waals surface area contributed by atoms with Crippen LogP contribution in [0.15, 0.2) is 48.5 Å². The largest absolute Gasteiger partial charge is 0.416 e. The molecule has 0 heterocycles. The zero-order valence-corrected chi connectivity index (χ0v) is 18.4. The molecule has 0 spiro atoms. The van der Waals surface area contributed by atoms with E-state index in [4.69, 9.17) is 9.05 Å². The number of hydrogen-bond donors (Lipinski definition) is 1. The van der Waals surface area contributed by atoms with Gasteiger partial charge in [0.05, 0.1) is 24.3 Å². The van der Waals surface area contributed by atoms with Gasteiger partial charge in [-0.05, 0) is 54.8 Å². The Morgan fingerprint density at radius 1 is 0.781 bits per heavy atom. The van der Waals surface area contributed by atoms with Crippen molar-refractivity contribution >= 4 is 13.3 Å². The predicted octanol–water partition coefficient (Wildman–Crippen LogP) is 7.88. The van der Waals surface area contributed by atoms with Crippen molar-refractivity contribution in [1.29, 1.82) is 0 Å². The van der Waals surface area contributed by atoms with Crippen LogP contribution >= 0.6 is 7.60 Å². The highest BCUT2D eigenvalue weighted by molar-refractivity contribution is 7.54. The van der Waals surface area contributed by atoms with E-state index in [0.717, 1.165) is 48.5 Å². The lowest BCUT2D eigenvalue weighted by Crippen LogP contribution is -2.16. The molecule has 2 aromatic rings.